The number of carboxylic acid groups (broad SMARTS) is 1. The average molecular weight is 409 g/mol. The minimum Gasteiger partial charge on any atom is -0.480 e. The quantitative estimate of drug-likeness (QED) is 0.203. The summed E-state index contributed by atoms with van der Waals surface area (Å²) in [6.45, 7) is -0.373. The van der Waals surface area contributed by atoms with E-state index in [1.807, 2.05) is 0 Å². The highest BCUT2D eigenvalue weighted by Crippen LogP contribution is 2.18. The van der Waals surface area contributed by atoms with E-state index >= 15 is 0 Å². The number of aliphatic hydroxyl groups excluding tert-OH is 1. The van der Waals surface area contributed by atoms with Crippen LogP contribution in [0.4, 0.5) is 0 Å². The summed E-state index contributed by atoms with van der Waals surface area (Å²) < 4.78 is 0. The Hall–Kier alpha value is -1.50. The summed E-state index contributed by atoms with van der Waals surface area (Å²) in [6, 6.07) is -4.25. The van der Waals surface area contributed by atoms with Gasteiger partial charge in [-0.2, -0.15) is 25.3 Å². The molecule has 0 aromatic heterocycles. The molecular weight excluding hydrogens is 384 g/mol. The molecule has 1 aliphatic rings. The van der Waals surface area contributed by atoms with Crippen molar-refractivity contribution in [1.82, 2.24) is 15.5 Å². The number of likely N-dealkylation sites (tertiary alicyclic amines) is 1. The molecule has 1 heterocycles. The number of carbonyl (C=O) groups is 4. The summed E-state index contributed by atoms with van der Waals surface area (Å²) in [5, 5.41) is 22.8. The van der Waals surface area contributed by atoms with Gasteiger partial charge in [0, 0.05) is 18.1 Å². The lowest BCUT2D eigenvalue weighted by Crippen LogP contribution is -2.58. The summed E-state index contributed by atoms with van der Waals surface area (Å²) in [5.41, 5.74) is 5.67. The van der Waals surface area contributed by atoms with E-state index in [9.17, 15) is 24.3 Å². The molecule has 0 unspecified atom stereocenters. The number of nitrogens with zero attached hydrogens (tertiary/aromatic N) is 1. The number of rotatable bonds is 9. The molecule has 4 atom stereocenters. The van der Waals surface area contributed by atoms with Crippen molar-refractivity contribution >= 4 is 48.9 Å². The second-order valence-corrected chi connectivity index (χ2v) is 6.53. The van der Waals surface area contributed by atoms with E-state index in [0.29, 0.717) is 19.4 Å². The first kappa shape index (κ1) is 22.5. The van der Waals surface area contributed by atoms with Crippen LogP contribution in [0.2, 0.25) is 0 Å². The zero-order valence-electron chi connectivity index (χ0n) is 14.0. The molecule has 0 radical (unpaired) electrons. The largest absolute Gasteiger partial charge is 0.480 e. The number of carbonyl (C=O) groups excluding carboxylic acids is 3. The Morgan fingerprint density at radius 3 is 2.31 bits per heavy atom. The Morgan fingerprint density at radius 2 is 1.81 bits per heavy atom. The van der Waals surface area contributed by atoms with Crippen LogP contribution in [-0.2, 0) is 19.2 Å². The lowest BCUT2D eigenvalue weighted by atomic mass is 10.1. The minimum atomic E-state index is -1.35. The van der Waals surface area contributed by atoms with E-state index in [2.05, 4.69) is 35.9 Å². The first-order valence-corrected chi connectivity index (χ1v) is 9.25. The topological polar surface area (TPSA) is 162 Å². The monoisotopic (exact) mass is 408 g/mol. The van der Waals surface area contributed by atoms with Crippen molar-refractivity contribution in [2.75, 3.05) is 24.7 Å². The van der Waals surface area contributed by atoms with Crippen LogP contribution in [-0.4, -0.2) is 87.6 Å². The van der Waals surface area contributed by atoms with Crippen molar-refractivity contribution in [2.24, 2.45) is 5.73 Å². The van der Waals surface area contributed by atoms with Gasteiger partial charge >= 0.3 is 5.97 Å². The minimum absolute atomic E-state index is 0.131. The first-order valence-electron chi connectivity index (χ1n) is 7.99. The summed E-state index contributed by atoms with van der Waals surface area (Å²) in [7, 11) is 0. The number of nitrogens with two attached hydrogens (primary N) is 1. The van der Waals surface area contributed by atoms with E-state index < -0.39 is 54.5 Å². The highest BCUT2D eigenvalue weighted by atomic mass is 32.1. The summed E-state index contributed by atoms with van der Waals surface area (Å²) in [5.74, 6) is -3.20. The van der Waals surface area contributed by atoms with Gasteiger partial charge in [-0.25, -0.2) is 4.79 Å². The van der Waals surface area contributed by atoms with E-state index in [-0.39, 0.29) is 11.5 Å². The fourth-order valence-electron chi connectivity index (χ4n) is 2.51. The maximum absolute atomic E-state index is 12.4. The zero-order chi connectivity index (χ0) is 19.9. The lowest BCUT2D eigenvalue weighted by Gasteiger charge is -2.27. The molecule has 12 heteroatoms. The van der Waals surface area contributed by atoms with Crippen LogP contribution in [0.3, 0.4) is 0 Å². The van der Waals surface area contributed by atoms with Crippen molar-refractivity contribution in [1.29, 1.82) is 0 Å². The van der Waals surface area contributed by atoms with E-state index in [1.165, 1.54) is 4.90 Å². The normalized spacial score (nSPS) is 20.2. The molecule has 26 heavy (non-hydrogen) atoms. The van der Waals surface area contributed by atoms with Gasteiger partial charge in [0.05, 0.1) is 12.6 Å². The predicted molar refractivity (Wildman–Crippen MR) is 99.0 cm³/mol. The Balaban J connectivity index is 2.74. The third-order valence-electron chi connectivity index (χ3n) is 3.97. The van der Waals surface area contributed by atoms with Crippen molar-refractivity contribution in [3.8, 4) is 0 Å². The Morgan fingerprint density at radius 1 is 1.15 bits per heavy atom. The lowest BCUT2D eigenvalue weighted by molar-refractivity contribution is -0.142. The van der Waals surface area contributed by atoms with Gasteiger partial charge in [-0.3, -0.25) is 14.4 Å². The van der Waals surface area contributed by atoms with Crippen molar-refractivity contribution < 1.29 is 29.4 Å². The number of amides is 3. The Bertz CT molecular complexity index is 550. The fraction of sp³-hybridized carbons (Fsp3) is 0.714. The number of nitrogens with one attached hydrogen (secondary N) is 2. The van der Waals surface area contributed by atoms with Crippen LogP contribution >= 0.6 is 25.3 Å². The molecule has 148 valence electrons. The number of hydrogen-bond acceptors (Lipinski definition) is 8. The van der Waals surface area contributed by atoms with Gasteiger partial charge < -0.3 is 31.5 Å². The van der Waals surface area contributed by atoms with Crippen molar-refractivity contribution in [3.63, 3.8) is 0 Å². The SMILES string of the molecule is N[C@@H](CS)C(=O)N1CCC[C@H]1C(=O)N[C@@H](CO)C(=O)N[C@@H](CS)C(=O)O. The molecule has 0 bridgehead atoms. The van der Waals surface area contributed by atoms with Gasteiger partial charge in [0.25, 0.3) is 0 Å². The summed E-state index contributed by atoms with van der Waals surface area (Å²) >= 11 is 7.79. The maximum atomic E-state index is 12.4. The van der Waals surface area contributed by atoms with Crippen LogP contribution < -0.4 is 16.4 Å². The predicted octanol–water partition coefficient (Wildman–Crippen LogP) is -2.79. The van der Waals surface area contributed by atoms with E-state index in [0.717, 1.165) is 0 Å². The molecule has 0 saturated carbocycles. The number of aliphatic carboxylic acids is 1. The highest BCUT2D eigenvalue weighted by molar-refractivity contribution is 7.80. The Labute approximate surface area is 161 Å². The highest BCUT2D eigenvalue weighted by Gasteiger charge is 2.37. The van der Waals surface area contributed by atoms with Gasteiger partial charge in [0.15, 0.2) is 0 Å². The van der Waals surface area contributed by atoms with Gasteiger partial charge in [0.2, 0.25) is 17.7 Å². The van der Waals surface area contributed by atoms with Gasteiger partial charge in [-0.1, -0.05) is 0 Å². The van der Waals surface area contributed by atoms with Crippen LogP contribution in [0.15, 0.2) is 0 Å². The van der Waals surface area contributed by atoms with Crippen molar-refractivity contribution in [3.05, 3.63) is 0 Å². The zero-order valence-corrected chi connectivity index (χ0v) is 15.8. The number of aliphatic hydroxyl groups is 1. The smallest absolute Gasteiger partial charge is 0.327 e. The second kappa shape index (κ2) is 10.6. The van der Waals surface area contributed by atoms with Crippen LogP contribution in [0, 0.1) is 0 Å². The molecule has 1 saturated heterocycles. The maximum Gasteiger partial charge on any atom is 0.327 e. The molecule has 10 nitrogen and oxygen atoms in total. The van der Waals surface area contributed by atoms with Crippen LogP contribution in [0.1, 0.15) is 12.8 Å². The van der Waals surface area contributed by atoms with Crippen LogP contribution in [0.25, 0.3) is 0 Å². The summed E-state index contributed by atoms with van der Waals surface area (Å²) in [4.78, 5) is 49.0. The second-order valence-electron chi connectivity index (χ2n) is 5.80. The molecule has 1 aliphatic heterocycles. The molecule has 1 rings (SSSR count). The molecule has 3 amide bonds. The third kappa shape index (κ3) is 5.76. The molecular formula is C14H24N4O6S2. The van der Waals surface area contributed by atoms with Gasteiger partial charge in [-0.15, -0.1) is 0 Å². The molecule has 0 aromatic rings. The number of thiol groups is 2. The van der Waals surface area contributed by atoms with Crippen molar-refractivity contribution in [2.45, 2.75) is 37.0 Å². The molecule has 1 fully saturated rings. The van der Waals surface area contributed by atoms with Gasteiger partial charge in [-0.05, 0) is 12.8 Å². The van der Waals surface area contributed by atoms with Gasteiger partial charge in [0.1, 0.15) is 18.1 Å². The molecule has 0 aliphatic carbocycles. The van der Waals surface area contributed by atoms with E-state index in [1.54, 1.807) is 0 Å². The fourth-order valence-corrected chi connectivity index (χ4v) is 2.92. The first-order chi connectivity index (χ1) is 12.3. The third-order valence-corrected chi connectivity index (χ3v) is 4.72. The Kier molecular flexibility index (Phi) is 9.19. The van der Waals surface area contributed by atoms with E-state index in [4.69, 9.17) is 10.8 Å². The summed E-state index contributed by atoms with van der Waals surface area (Å²) in [6.07, 6.45) is 0.991. The average Bonchev–Trinajstić information content (AvgIpc) is 3.11. The standard InChI is InChI=1S/C14H24N4O6S2/c15-7(5-25)13(22)18-3-1-2-10(18)12(21)16-8(4-19)11(20)17-9(6-26)14(23)24/h7-10,19,25-26H,1-6,15H2,(H,16,21)(H,17,20)(H,23,24)/t7-,8-,9-,10-/m0/s1. The molecule has 0 aromatic carbocycles. The number of carboxylic acids is 1. The molecule has 0 spiro atoms. The molecule has 6 N–H and O–H groups in total. The number of hydrogen-bond donors (Lipinski definition) is 7. The van der Waals surface area contributed by atoms with Crippen LogP contribution in [0.5, 0.6) is 0 Å².